The molecule has 1 aliphatic carbocycles. The quantitative estimate of drug-likeness (QED) is 0.369. The van der Waals surface area contributed by atoms with Crippen molar-refractivity contribution >= 4 is 17.7 Å². The molecule has 0 aliphatic heterocycles. The van der Waals surface area contributed by atoms with E-state index in [2.05, 4.69) is 5.32 Å². The highest BCUT2D eigenvalue weighted by Gasteiger charge is 2.30. The molecule has 4 rings (SSSR count). The summed E-state index contributed by atoms with van der Waals surface area (Å²) in [6, 6.07) is 17.8. The van der Waals surface area contributed by atoms with Crippen LogP contribution in [-0.2, 0) is 16.0 Å². The Bertz CT molecular complexity index is 1200. The van der Waals surface area contributed by atoms with E-state index >= 15 is 0 Å². The molecule has 1 aliphatic rings. The molecular weight excluding hydrogens is 428 g/mol. The van der Waals surface area contributed by atoms with Crippen molar-refractivity contribution in [3.8, 4) is 16.9 Å². The van der Waals surface area contributed by atoms with Crippen LogP contribution in [0, 0.1) is 10.1 Å². The molecular formula is C24H20N2O7. The smallest absolute Gasteiger partial charge is 0.407 e. The number of carboxylic acid groups (broad SMARTS) is 1. The average molecular weight is 448 g/mol. The second kappa shape index (κ2) is 8.99. The predicted octanol–water partition coefficient (Wildman–Crippen LogP) is 3.83. The third kappa shape index (κ3) is 4.47. The molecule has 0 saturated heterocycles. The normalized spacial score (nSPS) is 13.0. The zero-order chi connectivity index (χ0) is 23.5. The standard InChI is InChI=1S/C24H20N2O7/c27-22-10-9-14(12-21(22)26(31)32)11-20(23(28)29)25-24(30)33-13-19-17-7-3-1-5-15(17)16-6-2-4-8-18(16)19/h1-10,12,19-20,27H,11,13H2,(H,25,30)(H,28,29)/t20-/m1/s1. The Morgan fingerprint density at radius 2 is 1.64 bits per heavy atom. The third-order valence-electron chi connectivity index (χ3n) is 5.61. The van der Waals surface area contributed by atoms with Crippen molar-refractivity contribution in [1.82, 2.24) is 5.32 Å². The first kappa shape index (κ1) is 21.8. The number of ether oxygens (including phenoxy) is 1. The summed E-state index contributed by atoms with van der Waals surface area (Å²) in [4.78, 5) is 34.3. The molecule has 0 unspecified atom stereocenters. The lowest BCUT2D eigenvalue weighted by molar-refractivity contribution is -0.385. The Labute approximate surface area is 188 Å². The number of carbonyl (C=O) groups is 2. The van der Waals surface area contributed by atoms with Crippen molar-refractivity contribution < 1.29 is 29.5 Å². The molecule has 9 nitrogen and oxygen atoms in total. The average Bonchev–Trinajstić information content (AvgIpc) is 3.12. The minimum Gasteiger partial charge on any atom is -0.502 e. The maximum absolute atomic E-state index is 12.4. The van der Waals surface area contributed by atoms with Gasteiger partial charge in [0.25, 0.3) is 0 Å². The van der Waals surface area contributed by atoms with Gasteiger partial charge in [-0.3, -0.25) is 10.1 Å². The molecule has 0 radical (unpaired) electrons. The number of phenols is 1. The van der Waals surface area contributed by atoms with Gasteiger partial charge in [-0.2, -0.15) is 0 Å². The number of carboxylic acids is 1. The van der Waals surface area contributed by atoms with E-state index in [4.69, 9.17) is 4.74 Å². The zero-order valence-corrected chi connectivity index (χ0v) is 17.3. The first-order valence-electron chi connectivity index (χ1n) is 10.2. The van der Waals surface area contributed by atoms with Crippen molar-refractivity contribution in [2.24, 2.45) is 0 Å². The highest BCUT2D eigenvalue weighted by Crippen LogP contribution is 2.44. The Hall–Kier alpha value is -4.40. The highest BCUT2D eigenvalue weighted by molar-refractivity contribution is 5.81. The number of nitrogens with one attached hydrogen (secondary N) is 1. The largest absolute Gasteiger partial charge is 0.502 e. The molecule has 33 heavy (non-hydrogen) atoms. The van der Waals surface area contributed by atoms with Crippen LogP contribution in [0.2, 0.25) is 0 Å². The molecule has 0 spiro atoms. The van der Waals surface area contributed by atoms with Crippen LogP contribution in [-0.4, -0.2) is 39.8 Å². The molecule has 0 heterocycles. The van der Waals surface area contributed by atoms with Crippen LogP contribution in [0.15, 0.2) is 66.7 Å². The highest BCUT2D eigenvalue weighted by atomic mass is 16.6. The van der Waals surface area contributed by atoms with Crippen molar-refractivity contribution in [3.63, 3.8) is 0 Å². The van der Waals surface area contributed by atoms with Crippen LogP contribution in [0.4, 0.5) is 10.5 Å². The number of nitro groups is 1. The summed E-state index contributed by atoms with van der Waals surface area (Å²) in [6.45, 7) is 0.0247. The first-order chi connectivity index (χ1) is 15.8. The van der Waals surface area contributed by atoms with Crippen molar-refractivity contribution in [2.45, 2.75) is 18.4 Å². The molecule has 0 fully saturated rings. The molecule has 3 aromatic rings. The number of nitro benzene ring substituents is 1. The van der Waals surface area contributed by atoms with Gasteiger partial charge in [-0.15, -0.1) is 0 Å². The lowest BCUT2D eigenvalue weighted by Gasteiger charge is -2.17. The summed E-state index contributed by atoms with van der Waals surface area (Å²) in [5, 5.41) is 32.4. The SMILES string of the molecule is O=C(N[C@H](Cc1ccc(O)c([N+](=O)[O-])c1)C(=O)O)OCC1c2ccccc2-c2ccccc21. The second-order valence-corrected chi connectivity index (χ2v) is 7.65. The predicted molar refractivity (Wildman–Crippen MR) is 118 cm³/mol. The van der Waals surface area contributed by atoms with Gasteiger partial charge in [0.2, 0.25) is 0 Å². The number of nitrogens with zero attached hydrogens (tertiary/aromatic N) is 1. The van der Waals surface area contributed by atoms with Crippen LogP contribution >= 0.6 is 0 Å². The summed E-state index contributed by atoms with van der Waals surface area (Å²) in [6.07, 6.45) is -1.13. The summed E-state index contributed by atoms with van der Waals surface area (Å²) < 4.78 is 5.38. The van der Waals surface area contributed by atoms with E-state index in [-0.39, 0.29) is 24.5 Å². The van der Waals surface area contributed by atoms with Gasteiger partial charge in [0, 0.05) is 18.4 Å². The molecule has 9 heteroatoms. The summed E-state index contributed by atoms with van der Waals surface area (Å²) in [7, 11) is 0. The van der Waals surface area contributed by atoms with Crippen LogP contribution in [0.1, 0.15) is 22.6 Å². The van der Waals surface area contributed by atoms with E-state index < -0.39 is 34.5 Å². The Morgan fingerprint density at radius 1 is 1.03 bits per heavy atom. The molecule has 1 atom stereocenters. The van der Waals surface area contributed by atoms with E-state index in [0.717, 1.165) is 34.4 Å². The fourth-order valence-electron chi connectivity index (χ4n) is 4.06. The lowest BCUT2D eigenvalue weighted by atomic mass is 9.98. The topological polar surface area (TPSA) is 139 Å². The third-order valence-corrected chi connectivity index (χ3v) is 5.61. The Morgan fingerprint density at radius 3 is 2.21 bits per heavy atom. The van der Waals surface area contributed by atoms with Gasteiger partial charge >= 0.3 is 17.7 Å². The fourth-order valence-corrected chi connectivity index (χ4v) is 4.06. The van der Waals surface area contributed by atoms with E-state index in [1.807, 2.05) is 48.5 Å². The number of aromatic hydroxyl groups is 1. The molecule has 3 N–H and O–H groups in total. The number of phenolic OH excluding ortho intramolecular Hbond substituents is 1. The van der Waals surface area contributed by atoms with E-state index in [1.165, 1.54) is 6.07 Å². The molecule has 1 amide bonds. The van der Waals surface area contributed by atoms with Gasteiger partial charge in [0.1, 0.15) is 12.6 Å². The second-order valence-electron chi connectivity index (χ2n) is 7.65. The van der Waals surface area contributed by atoms with Gasteiger partial charge in [0.05, 0.1) is 4.92 Å². The first-order valence-corrected chi connectivity index (χ1v) is 10.2. The monoisotopic (exact) mass is 448 g/mol. The van der Waals surface area contributed by atoms with Crippen molar-refractivity contribution in [3.05, 3.63) is 93.5 Å². The molecule has 0 bridgehead atoms. The summed E-state index contributed by atoms with van der Waals surface area (Å²) in [5.74, 6) is -2.02. The van der Waals surface area contributed by atoms with Crippen molar-refractivity contribution in [1.29, 1.82) is 0 Å². The lowest BCUT2D eigenvalue weighted by Crippen LogP contribution is -2.42. The molecule has 0 saturated carbocycles. The Balaban J connectivity index is 1.44. The van der Waals surface area contributed by atoms with Gasteiger partial charge in [-0.05, 0) is 33.9 Å². The number of hydrogen-bond acceptors (Lipinski definition) is 6. The van der Waals surface area contributed by atoms with E-state index in [1.54, 1.807) is 0 Å². The van der Waals surface area contributed by atoms with Crippen LogP contribution in [0.3, 0.4) is 0 Å². The number of benzene rings is 3. The Kier molecular flexibility index (Phi) is 5.95. The number of carbonyl (C=O) groups excluding carboxylic acids is 1. The van der Waals surface area contributed by atoms with Crippen LogP contribution < -0.4 is 5.32 Å². The number of hydrogen-bond donors (Lipinski definition) is 3. The minimum absolute atomic E-state index is 0.0247. The van der Waals surface area contributed by atoms with Crippen LogP contribution in [0.5, 0.6) is 5.75 Å². The van der Waals surface area contributed by atoms with Gasteiger partial charge in [-0.1, -0.05) is 54.6 Å². The fraction of sp³-hybridized carbons (Fsp3) is 0.167. The number of alkyl carbamates (subject to hydrolysis) is 1. The maximum atomic E-state index is 12.4. The number of rotatable bonds is 7. The number of amides is 1. The molecule has 0 aromatic heterocycles. The number of fused-ring (bicyclic) bond motifs is 3. The maximum Gasteiger partial charge on any atom is 0.407 e. The summed E-state index contributed by atoms with van der Waals surface area (Å²) >= 11 is 0. The van der Waals surface area contributed by atoms with E-state index in [9.17, 15) is 29.9 Å². The zero-order valence-electron chi connectivity index (χ0n) is 17.3. The van der Waals surface area contributed by atoms with Gasteiger partial charge in [0.15, 0.2) is 5.75 Å². The van der Waals surface area contributed by atoms with Crippen LogP contribution in [0.25, 0.3) is 11.1 Å². The van der Waals surface area contributed by atoms with E-state index in [0.29, 0.717) is 0 Å². The molecule has 3 aromatic carbocycles. The van der Waals surface area contributed by atoms with Gasteiger partial charge in [-0.25, -0.2) is 9.59 Å². The minimum atomic E-state index is -1.37. The van der Waals surface area contributed by atoms with Crippen molar-refractivity contribution in [2.75, 3.05) is 6.61 Å². The number of aliphatic carboxylic acids is 1. The summed E-state index contributed by atoms with van der Waals surface area (Å²) in [5.41, 5.74) is 3.91. The molecule has 168 valence electrons. The van der Waals surface area contributed by atoms with Gasteiger partial charge < -0.3 is 20.3 Å².